The van der Waals surface area contributed by atoms with Crippen LogP contribution in [0.5, 0.6) is 11.5 Å². The summed E-state index contributed by atoms with van der Waals surface area (Å²) in [6, 6.07) is 12.8. The Morgan fingerprint density at radius 2 is 1.91 bits per heavy atom. The predicted octanol–water partition coefficient (Wildman–Crippen LogP) is 5.20. The Labute approximate surface area is 256 Å². The van der Waals surface area contributed by atoms with Crippen LogP contribution in [0.2, 0.25) is 0 Å². The number of fused-ring (bicyclic) bond motifs is 2. The third-order valence-electron chi connectivity index (χ3n) is 6.86. The molecule has 3 N–H and O–H groups in total. The number of thiophene rings is 1. The molecule has 0 unspecified atom stereocenters. The Morgan fingerprint density at radius 1 is 1.05 bits per heavy atom. The Kier molecular flexibility index (Phi) is 8.56. The molecule has 43 heavy (non-hydrogen) atoms. The average Bonchev–Trinajstić information content (AvgIpc) is 3.65. The van der Waals surface area contributed by atoms with Crippen molar-refractivity contribution in [2.75, 3.05) is 60.8 Å². The lowest BCUT2D eigenvalue weighted by Gasteiger charge is -2.26. The number of hydrogen-bond acceptors (Lipinski definition) is 12. The lowest BCUT2D eigenvalue weighted by atomic mass is 10.2. The van der Waals surface area contributed by atoms with Crippen LogP contribution in [0.15, 0.2) is 54.2 Å². The monoisotopic (exact) mass is 639 g/mol. The molecule has 0 radical (unpaired) electrons. The van der Waals surface area contributed by atoms with Crippen molar-refractivity contribution in [3.8, 4) is 11.5 Å². The minimum absolute atomic E-state index is 0.216. The van der Waals surface area contributed by atoms with Crippen LogP contribution in [0.1, 0.15) is 6.42 Å². The van der Waals surface area contributed by atoms with Crippen molar-refractivity contribution in [2.45, 2.75) is 6.42 Å². The second-order valence-electron chi connectivity index (χ2n) is 9.82. The van der Waals surface area contributed by atoms with Crippen molar-refractivity contribution in [3.05, 3.63) is 54.2 Å². The molecule has 6 rings (SSSR count). The number of sulfone groups is 1. The molecule has 1 fully saturated rings. The lowest BCUT2D eigenvalue weighted by molar-refractivity contribution is 0.240. The highest BCUT2D eigenvalue weighted by atomic mass is 32.2. The van der Waals surface area contributed by atoms with Gasteiger partial charge in [-0.25, -0.2) is 28.2 Å². The molecule has 0 aliphatic carbocycles. The van der Waals surface area contributed by atoms with Crippen LogP contribution in [-0.4, -0.2) is 79.2 Å². The van der Waals surface area contributed by atoms with Gasteiger partial charge in [0.25, 0.3) is 0 Å². The van der Waals surface area contributed by atoms with Gasteiger partial charge in [-0.15, -0.1) is 11.3 Å². The van der Waals surface area contributed by atoms with Crippen LogP contribution in [0, 0.1) is 0 Å². The summed E-state index contributed by atoms with van der Waals surface area (Å²) in [7, 11) is -1.30. The summed E-state index contributed by atoms with van der Waals surface area (Å²) in [4.78, 5) is 27.9. The topological polar surface area (TPSA) is 148 Å². The van der Waals surface area contributed by atoms with Crippen LogP contribution in [-0.2, 0) is 9.84 Å². The molecular formula is C28H29N7O5S3. The predicted molar refractivity (Wildman–Crippen MR) is 171 cm³/mol. The standard InChI is InChI=1S/C28H29N7O5S3/c1-39-22-15-19-21(16-23(22)40-10-3-7-35-8-12-43(37,38)13-9-35)29-17-30-26(19)31-18-5-6-20-24(14-18)42-28(32-20)34-27(36)33-25-4-2-11-41-25/h2,4-6,11,14-17H,3,7-10,12-13H2,1H3,(H,29,30,31)(H2,32,33,34,36). The number of anilines is 4. The number of nitrogens with zero attached hydrogens (tertiary/aromatic N) is 4. The van der Waals surface area contributed by atoms with Crippen LogP contribution >= 0.6 is 22.7 Å². The van der Waals surface area contributed by atoms with Crippen molar-refractivity contribution in [1.29, 1.82) is 0 Å². The molecular weight excluding hydrogens is 611 g/mol. The number of nitrogens with one attached hydrogen (secondary N) is 3. The minimum atomic E-state index is -2.89. The van der Waals surface area contributed by atoms with Gasteiger partial charge in [-0.05, 0) is 48.2 Å². The smallest absolute Gasteiger partial charge is 0.326 e. The molecule has 12 nitrogen and oxygen atoms in total. The zero-order chi connectivity index (χ0) is 29.8. The first-order valence-electron chi connectivity index (χ1n) is 13.5. The fraction of sp³-hybridized carbons (Fsp3) is 0.286. The highest BCUT2D eigenvalue weighted by Crippen LogP contribution is 2.36. The third kappa shape index (κ3) is 7.13. The van der Waals surface area contributed by atoms with Gasteiger partial charge in [-0.1, -0.05) is 11.3 Å². The average molecular weight is 640 g/mol. The first kappa shape index (κ1) is 29.0. The molecule has 4 heterocycles. The van der Waals surface area contributed by atoms with E-state index in [0.29, 0.717) is 47.7 Å². The zero-order valence-corrected chi connectivity index (χ0v) is 25.7. The van der Waals surface area contributed by atoms with Crippen LogP contribution in [0.25, 0.3) is 21.1 Å². The lowest BCUT2D eigenvalue weighted by Crippen LogP contribution is -2.40. The van der Waals surface area contributed by atoms with E-state index in [-0.39, 0.29) is 17.5 Å². The number of carbonyl (C=O) groups excluding carboxylic acids is 1. The van der Waals surface area contributed by atoms with E-state index in [1.54, 1.807) is 7.11 Å². The van der Waals surface area contributed by atoms with E-state index in [4.69, 9.17) is 9.47 Å². The molecule has 224 valence electrons. The van der Waals surface area contributed by atoms with Gasteiger partial charge in [-0.2, -0.15) is 0 Å². The summed E-state index contributed by atoms with van der Waals surface area (Å²) in [6.07, 6.45) is 2.25. The Balaban J connectivity index is 1.12. The van der Waals surface area contributed by atoms with E-state index in [0.717, 1.165) is 39.3 Å². The molecule has 1 aliphatic rings. The fourth-order valence-electron chi connectivity index (χ4n) is 4.66. The van der Waals surface area contributed by atoms with Crippen molar-refractivity contribution in [1.82, 2.24) is 19.9 Å². The minimum Gasteiger partial charge on any atom is -0.493 e. The van der Waals surface area contributed by atoms with E-state index in [1.807, 2.05) is 47.8 Å². The van der Waals surface area contributed by atoms with Gasteiger partial charge >= 0.3 is 6.03 Å². The number of thiazole rings is 1. The van der Waals surface area contributed by atoms with Crippen LogP contribution < -0.4 is 25.4 Å². The van der Waals surface area contributed by atoms with Gasteiger partial charge in [0.1, 0.15) is 12.1 Å². The van der Waals surface area contributed by atoms with Crippen LogP contribution in [0.3, 0.4) is 0 Å². The summed E-state index contributed by atoms with van der Waals surface area (Å²) < 4.78 is 35.9. The second kappa shape index (κ2) is 12.7. The number of methoxy groups -OCH3 is 1. The first-order chi connectivity index (χ1) is 20.8. The molecule has 1 aliphatic heterocycles. The number of carbonyl (C=O) groups is 1. The second-order valence-corrected chi connectivity index (χ2v) is 14.1. The molecule has 2 aromatic carbocycles. The first-order valence-corrected chi connectivity index (χ1v) is 17.0. The highest BCUT2D eigenvalue weighted by molar-refractivity contribution is 7.91. The SMILES string of the molecule is COc1cc2c(Nc3ccc4nc(NC(=O)Nc5cccs5)sc4c3)ncnc2cc1OCCCN1CCS(=O)(=O)CC1. The number of urea groups is 1. The maximum atomic E-state index is 12.3. The van der Waals surface area contributed by atoms with Gasteiger partial charge < -0.3 is 19.7 Å². The van der Waals surface area contributed by atoms with Crippen molar-refractivity contribution >= 4 is 81.3 Å². The summed E-state index contributed by atoms with van der Waals surface area (Å²) >= 11 is 2.82. The maximum absolute atomic E-state index is 12.3. The number of amides is 2. The Hall–Kier alpha value is -4.05. The zero-order valence-electron chi connectivity index (χ0n) is 23.2. The number of rotatable bonds is 10. The Bertz CT molecular complexity index is 1850. The molecule has 15 heteroatoms. The molecule has 0 bridgehead atoms. The van der Waals surface area contributed by atoms with E-state index < -0.39 is 9.84 Å². The summed E-state index contributed by atoms with van der Waals surface area (Å²) in [6.45, 7) is 2.36. The van der Waals surface area contributed by atoms with E-state index in [9.17, 15) is 13.2 Å². The van der Waals surface area contributed by atoms with E-state index in [2.05, 4.69) is 35.8 Å². The van der Waals surface area contributed by atoms with Crippen molar-refractivity contribution < 1.29 is 22.7 Å². The largest absolute Gasteiger partial charge is 0.493 e. The number of aromatic nitrogens is 3. The van der Waals surface area contributed by atoms with Gasteiger partial charge in [0.05, 0.1) is 46.0 Å². The van der Waals surface area contributed by atoms with Gasteiger partial charge in [-0.3, -0.25) is 10.6 Å². The van der Waals surface area contributed by atoms with E-state index in [1.165, 1.54) is 29.0 Å². The summed E-state index contributed by atoms with van der Waals surface area (Å²) in [5.41, 5.74) is 2.26. The van der Waals surface area contributed by atoms with Crippen molar-refractivity contribution in [3.63, 3.8) is 0 Å². The van der Waals surface area contributed by atoms with E-state index >= 15 is 0 Å². The number of hydrogen-bond donors (Lipinski definition) is 3. The quantitative estimate of drug-likeness (QED) is 0.174. The molecule has 5 aromatic rings. The van der Waals surface area contributed by atoms with Gasteiger partial charge in [0, 0.05) is 36.8 Å². The molecule has 0 spiro atoms. The van der Waals surface area contributed by atoms with Crippen LogP contribution in [0.4, 0.5) is 26.4 Å². The maximum Gasteiger partial charge on any atom is 0.326 e. The molecule has 1 saturated heterocycles. The summed E-state index contributed by atoms with van der Waals surface area (Å²) in [5, 5.41) is 12.9. The number of benzene rings is 2. The third-order valence-corrected chi connectivity index (χ3v) is 10.2. The van der Waals surface area contributed by atoms with Gasteiger partial charge in [0.15, 0.2) is 26.5 Å². The molecule has 0 atom stereocenters. The fourth-order valence-corrected chi connectivity index (χ4v) is 7.45. The normalized spacial score (nSPS) is 14.9. The highest BCUT2D eigenvalue weighted by Gasteiger charge is 2.21. The molecule has 3 aromatic heterocycles. The van der Waals surface area contributed by atoms with Gasteiger partial charge in [0.2, 0.25) is 0 Å². The number of ether oxygens (including phenoxy) is 2. The Morgan fingerprint density at radius 3 is 2.70 bits per heavy atom. The summed E-state index contributed by atoms with van der Waals surface area (Å²) in [5.74, 6) is 2.17. The van der Waals surface area contributed by atoms with Crippen molar-refractivity contribution in [2.24, 2.45) is 0 Å². The molecule has 0 saturated carbocycles. The molecule has 2 amide bonds.